The zero-order chi connectivity index (χ0) is 14.7. The van der Waals surface area contributed by atoms with Gasteiger partial charge in [0.15, 0.2) is 0 Å². The number of piperidine rings is 1. The molecule has 1 saturated heterocycles. The molecule has 21 heavy (non-hydrogen) atoms. The van der Waals surface area contributed by atoms with E-state index in [1.54, 1.807) is 12.4 Å². The molecule has 5 nitrogen and oxygen atoms in total. The molecule has 3 rings (SSSR count). The van der Waals surface area contributed by atoms with Crippen molar-refractivity contribution in [1.82, 2.24) is 15.0 Å². The third-order valence-electron chi connectivity index (χ3n) is 4.00. The van der Waals surface area contributed by atoms with Gasteiger partial charge in [-0.25, -0.2) is 4.98 Å². The van der Waals surface area contributed by atoms with E-state index in [4.69, 9.17) is 0 Å². The summed E-state index contributed by atoms with van der Waals surface area (Å²) in [5.74, 6) is 1.43. The molecule has 1 aliphatic rings. The molecule has 0 radical (unpaired) electrons. The van der Waals surface area contributed by atoms with Gasteiger partial charge in [0.2, 0.25) is 0 Å². The van der Waals surface area contributed by atoms with E-state index in [0.29, 0.717) is 5.92 Å². The van der Waals surface area contributed by atoms with Gasteiger partial charge in [-0.05, 0) is 25.0 Å². The second-order valence-electron chi connectivity index (χ2n) is 5.68. The summed E-state index contributed by atoms with van der Waals surface area (Å²) < 4.78 is 0. The third-order valence-corrected chi connectivity index (χ3v) is 4.00. The van der Waals surface area contributed by atoms with Crippen LogP contribution in [0.1, 0.15) is 24.5 Å². The van der Waals surface area contributed by atoms with Crippen LogP contribution in [0.5, 0.6) is 0 Å². The molecular formula is C16H21N5. The van der Waals surface area contributed by atoms with Crippen LogP contribution in [0.3, 0.4) is 0 Å². The minimum absolute atomic E-state index is 0.469. The Morgan fingerprint density at radius 3 is 2.71 bits per heavy atom. The molecule has 0 saturated carbocycles. The minimum Gasteiger partial charge on any atom is -0.376 e. The minimum atomic E-state index is 0.469. The van der Waals surface area contributed by atoms with Crippen LogP contribution in [0.25, 0.3) is 0 Å². The second-order valence-corrected chi connectivity index (χ2v) is 5.68. The monoisotopic (exact) mass is 283 g/mol. The van der Waals surface area contributed by atoms with Crippen LogP contribution in [-0.4, -0.2) is 42.1 Å². The van der Waals surface area contributed by atoms with Gasteiger partial charge in [-0.15, -0.1) is 0 Å². The predicted molar refractivity (Wildman–Crippen MR) is 84.8 cm³/mol. The summed E-state index contributed by atoms with van der Waals surface area (Å²) in [7, 11) is 4.07. The van der Waals surface area contributed by atoms with Crippen molar-refractivity contribution >= 4 is 11.5 Å². The summed E-state index contributed by atoms with van der Waals surface area (Å²) >= 11 is 0. The number of pyridine rings is 1. The Morgan fingerprint density at radius 1 is 1.14 bits per heavy atom. The maximum Gasteiger partial charge on any atom is 0.147 e. The highest BCUT2D eigenvalue weighted by molar-refractivity contribution is 5.43. The Morgan fingerprint density at radius 2 is 2.05 bits per heavy atom. The molecule has 0 spiro atoms. The van der Waals surface area contributed by atoms with Crippen LogP contribution in [0, 0.1) is 0 Å². The standard InChI is InChI=1S/C16H21N5/c1-20(2)14-5-6-15(19-10-14)13-4-3-9-21(12-13)16-11-17-7-8-18-16/h5-8,10-11,13H,3-4,9,12H2,1-2H3/t13-/m0/s1. The fourth-order valence-electron chi connectivity index (χ4n) is 2.78. The summed E-state index contributed by atoms with van der Waals surface area (Å²) in [6, 6.07) is 4.30. The van der Waals surface area contributed by atoms with E-state index in [1.165, 1.54) is 18.5 Å². The molecule has 1 atom stereocenters. The molecule has 0 unspecified atom stereocenters. The number of hydrogen-bond acceptors (Lipinski definition) is 5. The molecule has 0 aromatic carbocycles. The number of aromatic nitrogens is 3. The van der Waals surface area contributed by atoms with Crippen molar-refractivity contribution in [3.63, 3.8) is 0 Å². The van der Waals surface area contributed by atoms with Gasteiger partial charge in [0.05, 0.1) is 18.1 Å². The Kier molecular flexibility index (Phi) is 3.99. The summed E-state index contributed by atoms with van der Waals surface area (Å²) in [6.07, 6.45) is 9.61. The first-order chi connectivity index (χ1) is 10.2. The van der Waals surface area contributed by atoms with Gasteiger partial charge in [0.1, 0.15) is 5.82 Å². The molecule has 0 aliphatic carbocycles. The Labute approximate surface area is 125 Å². The highest BCUT2D eigenvalue weighted by Gasteiger charge is 2.23. The lowest BCUT2D eigenvalue weighted by Crippen LogP contribution is -2.35. The summed E-state index contributed by atoms with van der Waals surface area (Å²) in [4.78, 5) is 17.6. The topological polar surface area (TPSA) is 45.2 Å². The third kappa shape index (κ3) is 3.12. The molecule has 2 aromatic rings. The average molecular weight is 283 g/mol. The van der Waals surface area contributed by atoms with Crippen LogP contribution in [0.15, 0.2) is 36.9 Å². The maximum atomic E-state index is 4.65. The van der Waals surface area contributed by atoms with Gasteiger partial charge in [-0.2, -0.15) is 0 Å². The van der Waals surface area contributed by atoms with E-state index in [2.05, 4.69) is 36.9 Å². The number of nitrogens with zero attached hydrogens (tertiary/aromatic N) is 5. The molecule has 0 bridgehead atoms. The summed E-state index contributed by atoms with van der Waals surface area (Å²) in [5, 5.41) is 0. The van der Waals surface area contributed by atoms with Gasteiger partial charge in [-0.3, -0.25) is 9.97 Å². The lowest BCUT2D eigenvalue weighted by atomic mass is 9.94. The van der Waals surface area contributed by atoms with Gasteiger partial charge >= 0.3 is 0 Å². The molecule has 5 heteroatoms. The summed E-state index contributed by atoms with van der Waals surface area (Å²) in [6.45, 7) is 2.01. The van der Waals surface area contributed by atoms with E-state index in [1.807, 2.05) is 26.5 Å². The molecular weight excluding hydrogens is 262 g/mol. The van der Waals surface area contributed by atoms with Crippen molar-refractivity contribution in [2.75, 3.05) is 37.0 Å². The fourth-order valence-corrected chi connectivity index (χ4v) is 2.78. The first-order valence-corrected chi connectivity index (χ1v) is 7.38. The Hall–Kier alpha value is -2.17. The highest BCUT2D eigenvalue weighted by atomic mass is 15.2. The van der Waals surface area contributed by atoms with E-state index in [0.717, 1.165) is 24.6 Å². The molecule has 3 heterocycles. The van der Waals surface area contributed by atoms with Gasteiger partial charge in [-0.1, -0.05) is 0 Å². The van der Waals surface area contributed by atoms with Crippen LogP contribution < -0.4 is 9.80 Å². The SMILES string of the molecule is CN(C)c1ccc([C@H]2CCCN(c3cnccn3)C2)nc1. The van der Waals surface area contributed by atoms with Crippen molar-refractivity contribution in [3.05, 3.63) is 42.6 Å². The average Bonchev–Trinajstić information content (AvgIpc) is 2.56. The Balaban J connectivity index is 1.74. The zero-order valence-electron chi connectivity index (χ0n) is 12.6. The van der Waals surface area contributed by atoms with E-state index in [-0.39, 0.29) is 0 Å². The van der Waals surface area contributed by atoms with E-state index >= 15 is 0 Å². The largest absolute Gasteiger partial charge is 0.376 e. The van der Waals surface area contributed by atoms with Crippen molar-refractivity contribution in [3.8, 4) is 0 Å². The lowest BCUT2D eigenvalue weighted by Gasteiger charge is -2.33. The molecule has 1 fully saturated rings. The smallest absolute Gasteiger partial charge is 0.147 e. The van der Waals surface area contributed by atoms with Crippen molar-refractivity contribution < 1.29 is 0 Å². The number of hydrogen-bond donors (Lipinski definition) is 0. The van der Waals surface area contributed by atoms with Gasteiger partial charge in [0.25, 0.3) is 0 Å². The second kappa shape index (κ2) is 6.08. The Bertz CT molecular complexity index is 567. The van der Waals surface area contributed by atoms with Crippen LogP contribution >= 0.6 is 0 Å². The van der Waals surface area contributed by atoms with Crippen molar-refractivity contribution in [1.29, 1.82) is 0 Å². The zero-order valence-corrected chi connectivity index (χ0v) is 12.6. The quantitative estimate of drug-likeness (QED) is 0.865. The van der Waals surface area contributed by atoms with Crippen LogP contribution in [-0.2, 0) is 0 Å². The van der Waals surface area contributed by atoms with E-state index < -0.39 is 0 Å². The first-order valence-electron chi connectivity index (χ1n) is 7.38. The summed E-state index contributed by atoms with van der Waals surface area (Å²) in [5.41, 5.74) is 2.31. The molecule has 1 aliphatic heterocycles. The predicted octanol–water partition coefficient (Wildman–Crippen LogP) is 2.32. The van der Waals surface area contributed by atoms with Gasteiger partial charge < -0.3 is 9.80 Å². The maximum absolute atomic E-state index is 4.65. The fraction of sp³-hybridized carbons (Fsp3) is 0.438. The van der Waals surface area contributed by atoms with Crippen molar-refractivity contribution in [2.24, 2.45) is 0 Å². The van der Waals surface area contributed by atoms with Crippen molar-refractivity contribution in [2.45, 2.75) is 18.8 Å². The van der Waals surface area contributed by atoms with Crippen LogP contribution in [0.4, 0.5) is 11.5 Å². The molecule has 110 valence electrons. The van der Waals surface area contributed by atoms with Gasteiger partial charge in [0, 0.05) is 51.2 Å². The van der Waals surface area contributed by atoms with E-state index in [9.17, 15) is 0 Å². The molecule has 0 N–H and O–H groups in total. The number of anilines is 2. The highest BCUT2D eigenvalue weighted by Crippen LogP contribution is 2.28. The lowest BCUT2D eigenvalue weighted by molar-refractivity contribution is 0.498. The molecule has 2 aromatic heterocycles. The van der Waals surface area contributed by atoms with Crippen LogP contribution in [0.2, 0.25) is 0 Å². The number of rotatable bonds is 3. The first kappa shape index (κ1) is 13.8. The molecule has 0 amide bonds. The normalized spacial score (nSPS) is 18.6.